The van der Waals surface area contributed by atoms with E-state index in [0.29, 0.717) is 5.70 Å². The lowest BCUT2D eigenvalue weighted by molar-refractivity contribution is 0.0711. The first kappa shape index (κ1) is 11.6. The molecule has 2 fully saturated rings. The van der Waals surface area contributed by atoms with Gasteiger partial charge in [-0.05, 0) is 19.9 Å². The Morgan fingerprint density at radius 1 is 1.19 bits per heavy atom. The van der Waals surface area contributed by atoms with Crippen LogP contribution in [0.3, 0.4) is 0 Å². The highest BCUT2D eigenvalue weighted by molar-refractivity contribution is 5.53. The summed E-state index contributed by atoms with van der Waals surface area (Å²) in [4.78, 5) is 15.5. The first-order valence-corrected chi connectivity index (χ1v) is 6.19. The minimum atomic E-state index is 0.0735. The van der Waals surface area contributed by atoms with E-state index < -0.39 is 0 Å². The second kappa shape index (κ2) is 5.48. The van der Waals surface area contributed by atoms with E-state index in [2.05, 4.69) is 22.2 Å². The number of hydrogen-bond acceptors (Lipinski definition) is 3. The quantitative estimate of drug-likeness (QED) is 0.605. The molecule has 0 amide bonds. The Bertz CT molecular complexity index is 278. The molecule has 1 atom stereocenters. The van der Waals surface area contributed by atoms with Crippen LogP contribution in [-0.2, 0) is 4.79 Å². The maximum absolute atomic E-state index is 10.9. The molecule has 2 aliphatic rings. The first-order chi connectivity index (χ1) is 7.83. The lowest BCUT2D eigenvalue weighted by Crippen LogP contribution is -2.54. The molecular weight excluding hydrogens is 202 g/mol. The van der Waals surface area contributed by atoms with Crippen molar-refractivity contribution in [2.24, 2.45) is 0 Å². The largest absolute Gasteiger partial charge is 0.283 e. The minimum Gasteiger partial charge on any atom is -0.283 e. The van der Waals surface area contributed by atoms with Crippen LogP contribution < -0.4 is 5.32 Å². The maximum atomic E-state index is 10.9. The Labute approximate surface area is 97.3 Å². The molecule has 0 aromatic heterocycles. The fraction of sp³-hybridized carbons (Fsp3) is 0.833. The molecule has 16 heavy (non-hydrogen) atoms. The molecule has 0 aliphatic carbocycles. The molecule has 1 radical (unpaired) electrons. The molecule has 0 saturated carbocycles. The van der Waals surface area contributed by atoms with E-state index in [-0.39, 0.29) is 6.17 Å². The first-order valence-electron chi connectivity index (χ1n) is 6.19. The van der Waals surface area contributed by atoms with Crippen molar-refractivity contribution in [3.05, 3.63) is 5.70 Å². The number of hydrogen-bond donors (Lipinski definition) is 0. The topological polar surface area (TPSA) is 37.7 Å². The van der Waals surface area contributed by atoms with Crippen molar-refractivity contribution in [1.82, 2.24) is 15.1 Å². The molecule has 0 aromatic rings. The fourth-order valence-electron chi connectivity index (χ4n) is 2.62. The van der Waals surface area contributed by atoms with Crippen molar-refractivity contribution < 1.29 is 4.79 Å². The van der Waals surface area contributed by atoms with Gasteiger partial charge in [0.15, 0.2) is 11.6 Å². The zero-order valence-corrected chi connectivity index (χ0v) is 9.98. The van der Waals surface area contributed by atoms with Gasteiger partial charge in [0.05, 0.1) is 6.54 Å². The van der Waals surface area contributed by atoms with Gasteiger partial charge in [0.2, 0.25) is 0 Å². The number of likely N-dealkylation sites (tertiary alicyclic amines) is 1. The van der Waals surface area contributed by atoms with Crippen LogP contribution in [0.5, 0.6) is 0 Å². The summed E-state index contributed by atoms with van der Waals surface area (Å²) < 4.78 is 0. The van der Waals surface area contributed by atoms with Crippen LogP contribution in [0.15, 0.2) is 5.70 Å². The molecule has 2 aliphatic heterocycles. The summed E-state index contributed by atoms with van der Waals surface area (Å²) in [5.41, 5.74) is 0.593. The van der Waals surface area contributed by atoms with Crippen LogP contribution in [0.2, 0.25) is 0 Å². The number of carbonyl (C=O) groups excluding carboxylic acids is 1. The summed E-state index contributed by atoms with van der Waals surface area (Å²) in [6.07, 6.45) is 5.16. The standard InChI is InChI=1S/C12H20N3O/c1-14-9-6-13-11(10-16)12(14)15-7-4-2-3-5-8-15/h12H,2-9H2,1H3. The van der Waals surface area contributed by atoms with Gasteiger partial charge in [-0.3, -0.25) is 15.1 Å². The molecule has 0 aromatic carbocycles. The van der Waals surface area contributed by atoms with Crippen LogP contribution >= 0.6 is 0 Å². The molecule has 89 valence electrons. The summed E-state index contributed by atoms with van der Waals surface area (Å²) in [5, 5.41) is 4.30. The van der Waals surface area contributed by atoms with E-state index in [9.17, 15) is 4.79 Å². The second-order valence-electron chi connectivity index (χ2n) is 4.67. The normalized spacial score (nSPS) is 29.3. The smallest absolute Gasteiger partial charge is 0.151 e. The van der Waals surface area contributed by atoms with Gasteiger partial charge in [-0.1, -0.05) is 12.8 Å². The summed E-state index contributed by atoms with van der Waals surface area (Å²) in [7, 11) is 2.07. The van der Waals surface area contributed by atoms with Crippen molar-refractivity contribution >= 4 is 5.94 Å². The van der Waals surface area contributed by atoms with Gasteiger partial charge in [-0.2, -0.15) is 0 Å². The molecule has 1 unspecified atom stereocenters. The maximum Gasteiger partial charge on any atom is 0.151 e. The Morgan fingerprint density at radius 2 is 1.88 bits per heavy atom. The Balaban J connectivity index is 2.10. The van der Waals surface area contributed by atoms with Gasteiger partial charge in [0.1, 0.15) is 6.17 Å². The van der Waals surface area contributed by atoms with Crippen LogP contribution in [0.25, 0.3) is 0 Å². The number of nitrogens with zero attached hydrogens (tertiary/aromatic N) is 3. The van der Waals surface area contributed by atoms with Gasteiger partial charge in [0.25, 0.3) is 0 Å². The molecule has 4 nitrogen and oxygen atoms in total. The predicted octanol–water partition coefficient (Wildman–Crippen LogP) is 0.454. The molecule has 0 bridgehead atoms. The van der Waals surface area contributed by atoms with E-state index in [4.69, 9.17) is 0 Å². The number of likely N-dealkylation sites (N-methyl/N-ethyl adjacent to an activating group) is 1. The third kappa shape index (κ3) is 2.46. The SMILES string of the molecule is CN1CC[N]C(=C=O)C1N1CCCCCC1. The molecule has 2 rings (SSSR count). The highest BCUT2D eigenvalue weighted by Crippen LogP contribution is 2.19. The monoisotopic (exact) mass is 222 g/mol. The Hall–Kier alpha value is -0.830. The average Bonchev–Trinajstić information content (AvgIpc) is 2.57. The lowest BCUT2D eigenvalue weighted by Gasteiger charge is -2.39. The van der Waals surface area contributed by atoms with E-state index in [0.717, 1.165) is 26.2 Å². The van der Waals surface area contributed by atoms with E-state index >= 15 is 0 Å². The van der Waals surface area contributed by atoms with Crippen molar-refractivity contribution in [1.29, 1.82) is 0 Å². The van der Waals surface area contributed by atoms with Gasteiger partial charge >= 0.3 is 0 Å². The zero-order valence-electron chi connectivity index (χ0n) is 9.98. The van der Waals surface area contributed by atoms with Crippen molar-refractivity contribution in [3.8, 4) is 0 Å². The van der Waals surface area contributed by atoms with Crippen molar-refractivity contribution in [2.75, 3.05) is 33.2 Å². The zero-order chi connectivity index (χ0) is 11.4. The number of piperazine rings is 1. The van der Waals surface area contributed by atoms with E-state index in [1.54, 1.807) is 0 Å². The van der Waals surface area contributed by atoms with Crippen LogP contribution in [0.1, 0.15) is 25.7 Å². The lowest BCUT2D eigenvalue weighted by atomic mass is 10.2. The molecular formula is C12H20N3O. The van der Waals surface area contributed by atoms with Crippen molar-refractivity contribution in [3.63, 3.8) is 0 Å². The summed E-state index contributed by atoms with van der Waals surface area (Å²) in [6.45, 7) is 3.82. The Morgan fingerprint density at radius 3 is 2.50 bits per heavy atom. The second-order valence-corrected chi connectivity index (χ2v) is 4.67. The highest BCUT2D eigenvalue weighted by atomic mass is 16.1. The summed E-state index contributed by atoms with van der Waals surface area (Å²) in [5.74, 6) is 2.02. The van der Waals surface area contributed by atoms with Gasteiger partial charge in [0, 0.05) is 19.6 Å². The average molecular weight is 222 g/mol. The highest BCUT2D eigenvalue weighted by Gasteiger charge is 2.31. The molecule has 0 N–H and O–H groups in total. The third-order valence-electron chi connectivity index (χ3n) is 3.49. The number of rotatable bonds is 1. The van der Waals surface area contributed by atoms with E-state index in [1.807, 2.05) is 5.94 Å². The molecule has 4 heteroatoms. The van der Waals surface area contributed by atoms with Crippen molar-refractivity contribution in [2.45, 2.75) is 31.8 Å². The summed E-state index contributed by atoms with van der Waals surface area (Å²) in [6, 6.07) is 0. The van der Waals surface area contributed by atoms with Gasteiger partial charge in [-0.25, -0.2) is 4.79 Å². The third-order valence-corrected chi connectivity index (χ3v) is 3.49. The van der Waals surface area contributed by atoms with Crippen LogP contribution in [0.4, 0.5) is 0 Å². The van der Waals surface area contributed by atoms with Crippen LogP contribution in [-0.4, -0.2) is 55.1 Å². The van der Waals surface area contributed by atoms with E-state index in [1.165, 1.54) is 25.7 Å². The predicted molar refractivity (Wildman–Crippen MR) is 62.7 cm³/mol. The van der Waals surface area contributed by atoms with Crippen LogP contribution in [0, 0.1) is 0 Å². The summed E-state index contributed by atoms with van der Waals surface area (Å²) >= 11 is 0. The molecule has 2 heterocycles. The molecule has 0 spiro atoms. The molecule has 2 saturated heterocycles. The van der Waals surface area contributed by atoms with Gasteiger partial charge < -0.3 is 0 Å². The minimum absolute atomic E-state index is 0.0735. The Kier molecular flexibility index (Phi) is 3.99. The fourth-order valence-corrected chi connectivity index (χ4v) is 2.62. The van der Waals surface area contributed by atoms with Gasteiger partial charge in [-0.15, -0.1) is 0 Å².